The predicted octanol–water partition coefficient (Wildman–Crippen LogP) is 0.974. The van der Waals surface area contributed by atoms with Gasteiger partial charge in [-0.15, -0.1) is 0 Å². The molecule has 0 fully saturated rings. The third-order valence-electron chi connectivity index (χ3n) is 2.53. The van der Waals surface area contributed by atoms with Gasteiger partial charge in [0.15, 0.2) is 0 Å². The van der Waals surface area contributed by atoms with E-state index < -0.39 is 18.0 Å². The van der Waals surface area contributed by atoms with Crippen LogP contribution < -0.4 is 9.64 Å². The van der Waals surface area contributed by atoms with Crippen LogP contribution in [0, 0.1) is 0 Å². The predicted molar refractivity (Wildman–Crippen MR) is 60.9 cm³/mol. The molecule has 0 bridgehead atoms. The Morgan fingerprint density at radius 2 is 2.18 bits per heavy atom. The van der Waals surface area contributed by atoms with Crippen LogP contribution in [0.2, 0.25) is 0 Å². The molecule has 1 amide bonds. The number of para-hydroxylation sites is 2. The number of amides is 1. The summed E-state index contributed by atoms with van der Waals surface area (Å²) in [5, 5.41) is 0. The molecule has 0 spiro atoms. The maximum absolute atomic E-state index is 11.9. The van der Waals surface area contributed by atoms with Crippen LogP contribution in [-0.4, -0.2) is 31.6 Å². The highest BCUT2D eigenvalue weighted by Gasteiger charge is 2.38. The van der Waals surface area contributed by atoms with Crippen molar-refractivity contribution >= 4 is 17.6 Å². The van der Waals surface area contributed by atoms with Gasteiger partial charge in [-0.2, -0.15) is 0 Å². The number of likely N-dealkylation sites (N-methyl/N-ethyl adjacent to an activating group) is 1. The lowest BCUT2D eigenvalue weighted by Gasteiger charge is -2.30. The average Bonchev–Trinajstić information content (AvgIpc) is 2.34. The topological polar surface area (TPSA) is 55.8 Å². The van der Waals surface area contributed by atoms with E-state index in [0.717, 1.165) is 0 Å². The van der Waals surface area contributed by atoms with Gasteiger partial charge >= 0.3 is 5.97 Å². The molecule has 2 rings (SSSR count). The van der Waals surface area contributed by atoms with Gasteiger partial charge in [0.05, 0.1) is 12.3 Å². The zero-order chi connectivity index (χ0) is 12.4. The summed E-state index contributed by atoms with van der Waals surface area (Å²) in [4.78, 5) is 24.9. The first-order valence-corrected chi connectivity index (χ1v) is 5.35. The van der Waals surface area contributed by atoms with Gasteiger partial charge in [0.25, 0.3) is 12.0 Å². The second-order valence-electron chi connectivity index (χ2n) is 3.61. The summed E-state index contributed by atoms with van der Waals surface area (Å²) in [6.07, 6.45) is -1.20. The second-order valence-corrected chi connectivity index (χ2v) is 3.61. The van der Waals surface area contributed by atoms with Gasteiger partial charge in [0.1, 0.15) is 5.75 Å². The Labute approximate surface area is 98.9 Å². The molecule has 5 nitrogen and oxygen atoms in total. The lowest BCUT2D eigenvalue weighted by molar-refractivity contribution is -0.155. The Morgan fingerprint density at radius 3 is 2.88 bits per heavy atom. The molecule has 0 N–H and O–H groups in total. The number of rotatable bonds is 2. The number of hydrogen-bond acceptors (Lipinski definition) is 4. The van der Waals surface area contributed by atoms with Crippen molar-refractivity contribution in [3.05, 3.63) is 24.3 Å². The fraction of sp³-hybridized carbons (Fsp3) is 0.333. The van der Waals surface area contributed by atoms with Crippen LogP contribution in [0.15, 0.2) is 24.3 Å². The number of esters is 1. The molecular weight excluding hydrogens is 222 g/mol. The van der Waals surface area contributed by atoms with Gasteiger partial charge < -0.3 is 14.4 Å². The number of ether oxygens (including phenoxy) is 2. The number of benzene rings is 1. The summed E-state index contributed by atoms with van der Waals surface area (Å²) < 4.78 is 10.2. The molecule has 1 unspecified atom stereocenters. The number of carbonyl (C=O) groups is 2. The fourth-order valence-corrected chi connectivity index (χ4v) is 1.67. The molecule has 0 aromatic heterocycles. The smallest absolute Gasteiger partial charge is 0.357 e. The molecule has 1 heterocycles. The van der Waals surface area contributed by atoms with E-state index in [0.29, 0.717) is 11.4 Å². The normalized spacial score (nSPS) is 18.4. The summed E-state index contributed by atoms with van der Waals surface area (Å²) in [5.41, 5.74) is 0.651. The largest absolute Gasteiger partial charge is 0.466 e. The Morgan fingerprint density at radius 1 is 1.47 bits per heavy atom. The highest BCUT2D eigenvalue weighted by Crippen LogP contribution is 2.32. The molecule has 1 atom stereocenters. The van der Waals surface area contributed by atoms with Crippen LogP contribution in [0.3, 0.4) is 0 Å². The maximum Gasteiger partial charge on any atom is 0.357 e. The standard InChI is InChI=1S/C12H13NO4/c1-3-16-12(15)10-11(14)13(2)8-6-4-5-7-9(8)17-10/h4-7,10H,3H2,1-2H3. The zero-order valence-corrected chi connectivity index (χ0v) is 9.67. The summed E-state index contributed by atoms with van der Waals surface area (Å²) in [6.45, 7) is 1.90. The molecule has 90 valence electrons. The van der Waals surface area contributed by atoms with E-state index in [4.69, 9.17) is 9.47 Å². The molecule has 0 radical (unpaired) electrons. The number of hydrogen-bond donors (Lipinski definition) is 0. The van der Waals surface area contributed by atoms with Gasteiger partial charge in [0, 0.05) is 7.05 Å². The lowest BCUT2D eigenvalue weighted by Crippen LogP contribution is -2.48. The van der Waals surface area contributed by atoms with E-state index in [-0.39, 0.29) is 6.61 Å². The Bertz CT molecular complexity index is 458. The van der Waals surface area contributed by atoms with E-state index in [2.05, 4.69) is 0 Å². The van der Waals surface area contributed by atoms with Crippen LogP contribution in [0.5, 0.6) is 5.75 Å². The second kappa shape index (κ2) is 4.45. The van der Waals surface area contributed by atoms with Crippen molar-refractivity contribution in [1.82, 2.24) is 0 Å². The van der Waals surface area contributed by atoms with E-state index in [1.165, 1.54) is 4.90 Å². The molecule has 0 saturated carbocycles. The van der Waals surface area contributed by atoms with Crippen LogP contribution in [-0.2, 0) is 14.3 Å². The summed E-state index contributed by atoms with van der Waals surface area (Å²) in [5.74, 6) is -0.561. The van der Waals surface area contributed by atoms with E-state index in [1.807, 2.05) is 0 Å². The van der Waals surface area contributed by atoms with Gasteiger partial charge in [-0.1, -0.05) is 12.1 Å². The highest BCUT2D eigenvalue weighted by molar-refractivity contribution is 6.10. The van der Waals surface area contributed by atoms with Crippen molar-refractivity contribution in [2.45, 2.75) is 13.0 Å². The molecular formula is C12H13NO4. The van der Waals surface area contributed by atoms with Crippen molar-refractivity contribution in [3.63, 3.8) is 0 Å². The maximum atomic E-state index is 11.9. The van der Waals surface area contributed by atoms with Crippen molar-refractivity contribution in [1.29, 1.82) is 0 Å². The summed E-state index contributed by atoms with van der Waals surface area (Å²) >= 11 is 0. The minimum atomic E-state index is -1.20. The third kappa shape index (κ3) is 1.95. The van der Waals surface area contributed by atoms with Crippen LogP contribution >= 0.6 is 0 Å². The average molecular weight is 235 g/mol. The first-order chi connectivity index (χ1) is 8.15. The third-order valence-corrected chi connectivity index (χ3v) is 2.53. The molecule has 1 aliphatic rings. The monoisotopic (exact) mass is 235 g/mol. The molecule has 1 aromatic carbocycles. The number of carbonyl (C=O) groups excluding carboxylic acids is 2. The van der Waals surface area contributed by atoms with Crippen LogP contribution in [0.1, 0.15) is 6.92 Å². The van der Waals surface area contributed by atoms with Crippen molar-refractivity contribution in [2.24, 2.45) is 0 Å². The SMILES string of the molecule is CCOC(=O)C1Oc2ccccc2N(C)C1=O. The Hall–Kier alpha value is -2.04. The zero-order valence-electron chi connectivity index (χ0n) is 9.67. The Kier molecular flexibility index (Phi) is 2.99. The highest BCUT2D eigenvalue weighted by atomic mass is 16.6. The van der Waals surface area contributed by atoms with Crippen molar-refractivity contribution in [2.75, 3.05) is 18.6 Å². The molecule has 5 heteroatoms. The minimum absolute atomic E-state index is 0.220. The van der Waals surface area contributed by atoms with Gasteiger partial charge in [0.2, 0.25) is 0 Å². The first kappa shape index (κ1) is 11.4. The summed E-state index contributed by atoms with van der Waals surface area (Å²) in [7, 11) is 1.61. The van der Waals surface area contributed by atoms with Crippen molar-refractivity contribution < 1.29 is 19.1 Å². The summed E-state index contributed by atoms with van der Waals surface area (Å²) in [6, 6.07) is 7.06. The van der Waals surface area contributed by atoms with Gasteiger partial charge in [-0.25, -0.2) is 4.79 Å². The van der Waals surface area contributed by atoms with E-state index in [1.54, 1.807) is 38.2 Å². The van der Waals surface area contributed by atoms with Crippen LogP contribution in [0.25, 0.3) is 0 Å². The van der Waals surface area contributed by atoms with Crippen molar-refractivity contribution in [3.8, 4) is 5.75 Å². The molecule has 1 aliphatic heterocycles. The number of fused-ring (bicyclic) bond motifs is 1. The Balaban J connectivity index is 2.31. The first-order valence-electron chi connectivity index (χ1n) is 5.35. The molecule has 0 aliphatic carbocycles. The molecule has 1 aromatic rings. The number of anilines is 1. The molecule has 17 heavy (non-hydrogen) atoms. The molecule has 0 saturated heterocycles. The number of nitrogens with zero attached hydrogens (tertiary/aromatic N) is 1. The minimum Gasteiger partial charge on any atom is -0.466 e. The quantitative estimate of drug-likeness (QED) is 0.566. The van der Waals surface area contributed by atoms with Crippen LogP contribution in [0.4, 0.5) is 5.69 Å². The lowest BCUT2D eigenvalue weighted by atomic mass is 10.2. The fourth-order valence-electron chi connectivity index (χ4n) is 1.67. The van der Waals surface area contributed by atoms with E-state index in [9.17, 15) is 9.59 Å². The van der Waals surface area contributed by atoms with Gasteiger partial charge in [-0.3, -0.25) is 4.79 Å². The van der Waals surface area contributed by atoms with Gasteiger partial charge in [-0.05, 0) is 19.1 Å². The van der Waals surface area contributed by atoms with E-state index >= 15 is 0 Å².